The molecule has 0 atom stereocenters. The average Bonchev–Trinajstić information content (AvgIpc) is 2.45. The molecule has 4 nitrogen and oxygen atoms in total. The van der Waals surface area contributed by atoms with Crippen LogP contribution in [0.2, 0.25) is 0 Å². The molecule has 0 fully saturated rings. The molecule has 0 unspecified atom stereocenters. The fourth-order valence-corrected chi connectivity index (χ4v) is 1.93. The van der Waals surface area contributed by atoms with Crippen LogP contribution in [0.25, 0.3) is 0 Å². The number of para-hydroxylation sites is 2. The summed E-state index contributed by atoms with van der Waals surface area (Å²) in [4.78, 5) is 13.8. The van der Waals surface area contributed by atoms with Crippen LogP contribution >= 0.6 is 0 Å². The molecular weight excluding hydrogens is 259 g/mol. The van der Waals surface area contributed by atoms with Gasteiger partial charge in [0.2, 0.25) is 0 Å². The number of hydrogen-bond acceptors (Lipinski definition) is 3. The lowest BCUT2D eigenvalue weighted by Crippen LogP contribution is -2.27. The normalized spacial score (nSPS) is 10.2. The van der Waals surface area contributed by atoms with E-state index in [0.717, 1.165) is 6.07 Å². The number of methoxy groups -OCH3 is 1. The van der Waals surface area contributed by atoms with Crippen molar-refractivity contribution in [3.63, 3.8) is 0 Å². The molecule has 1 amide bonds. The highest BCUT2D eigenvalue weighted by molar-refractivity contribution is 6.09. The van der Waals surface area contributed by atoms with Gasteiger partial charge in [-0.05, 0) is 30.3 Å². The summed E-state index contributed by atoms with van der Waals surface area (Å²) in [5, 5.41) is 0. The Morgan fingerprint density at radius 3 is 2.60 bits per heavy atom. The largest absolute Gasteiger partial charge is 0.495 e. The van der Waals surface area contributed by atoms with Crippen LogP contribution in [0.4, 0.5) is 15.8 Å². The summed E-state index contributed by atoms with van der Waals surface area (Å²) in [6.45, 7) is 0. The Bertz CT molecular complexity index is 644. The molecular formula is C15H15FN2O2. The van der Waals surface area contributed by atoms with Crippen LogP contribution < -0.4 is 15.4 Å². The lowest BCUT2D eigenvalue weighted by atomic mass is 10.1. The van der Waals surface area contributed by atoms with Crippen molar-refractivity contribution in [3.05, 3.63) is 53.8 Å². The van der Waals surface area contributed by atoms with Gasteiger partial charge in [-0.1, -0.05) is 12.1 Å². The van der Waals surface area contributed by atoms with Crippen molar-refractivity contribution in [1.82, 2.24) is 0 Å². The number of benzene rings is 2. The predicted molar refractivity (Wildman–Crippen MR) is 76.5 cm³/mol. The number of hydrogen-bond donors (Lipinski definition) is 1. The highest BCUT2D eigenvalue weighted by Crippen LogP contribution is 2.28. The summed E-state index contributed by atoms with van der Waals surface area (Å²) in [7, 11) is 3.15. The average molecular weight is 274 g/mol. The first-order valence-corrected chi connectivity index (χ1v) is 6.00. The van der Waals surface area contributed by atoms with E-state index in [1.54, 1.807) is 25.2 Å². The smallest absolute Gasteiger partial charge is 0.260 e. The van der Waals surface area contributed by atoms with E-state index in [1.165, 1.54) is 24.1 Å². The van der Waals surface area contributed by atoms with Crippen molar-refractivity contribution in [2.75, 3.05) is 24.8 Å². The predicted octanol–water partition coefficient (Wildman–Crippen LogP) is 2.69. The van der Waals surface area contributed by atoms with E-state index in [1.807, 2.05) is 6.07 Å². The number of carbonyl (C=O) groups excluding carboxylic acids is 1. The third-order valence-electron chi connectivity index (χ3n) is 3.00. The second-order valence-corrected chi connectivity index (χ2v) is 4.27. The third kappa shape index (κ3) is 2.56. The van der Waals surface area contributed by atoms with Gasteiger partial charge < -0.3 is 15.4 Å². The number of rotatable bonds is 3. The fraction of sp³-hybridized carbons (Fsp3) is 0.133. The topological polar surface area (TPSA) is 55.6 Å². The first kappa shape index (κ1) is 13.9. The Labute approximate surface area is 116 Å². The number of nitrogen functional groups attached to an aromatic ring is 1. The SMILES string of the molecule is COc1ccccc1N(C)C(=O)c1ccc(F)cc1N. The summed E-state index contributed by atoms with van der Waals surface area (Å²) in [6, 6.07) is 10.8. The minimum absolute atomic E-state index is 0.108. The second kappa shape index (κ2) is 5.61. The summed E-state index contributed by atoms with van der Waals surface area (Å²) < 4.78 is 18.2. The van der Waals surface area contributed by atoms with Crippen molar-refractivity contribution in [2.45, 2.75) is 0 Å². The summed E-state index contributed by atoms with van der Waals surface area (Å²) >= 11 is 0. The van der Waals surface area contributed by atoms with Crippen molar-refractivity contribution in [2.24, 2.45) is 0 Å². The Balaban J connectivity index is 2.37. The Morgan fingerprint density at radius 2 is 1.95 bits per heavy atom. The fourth-order valence-electron chi connectivity index (χ4n) is 1.93. The van der Waals surface area contributed by atoms with Gasteiger partial charge in [0.15, 0.2) is 0 Å². The zero-order chi connectivity index (χ0) is 14.7. The molecule has 104 valence electrons. The summed E-state index contributed by atoms with van der Waals surface area (Å²) in [5.74, 6) is -0.227. The van der Waals surface area contributed by atoms with Gasteiger partial charge >= 0.3 is 0 Å². The standard InChI is InChI=1S/C15H15FN2O2/c1-18(13-5-3-4-6-14(13)20-2)15(19)11-8-7-10(16)9-12(11)17/h3-9H,17H2,1-2H3. The lowest BCUT2D eigenvalue weighted by Gasteiger charge is -2.20. The van der Waals surface area contributed by atoms with E-state index >= 15 is 0 Å². The van der Waals surface area contributed by atoms with E-state index in [2.05, 4.69) is 0 Å². The molecule has 0 bridgehead atoms. The van der Waals surface area contributed by atoms with E-state index < -0.39 is 5.82 Å². The van der Waals surface area contributed by atoms with Crippen molar-refractivity contribution < 1.29 is 13.9 Å². The van der Waals surface area contributed by atoms with Gasteiger partial charge in [-0.3, -0.25) is 4.79 Å². The van der Waals surface area contributed by atoms with Gasteiger partial charge in [0.1, 0.15) is 11.6 Å². The van der Waals surface area contributed by atoms with Crippen LogP contribution in [0, 0.1) is 5.82 Å². The van der Waals surface area contributed by atoms with Gasteiger partial charge in [0.05, 0.1) is 18.4 Å². The lowest BCUT2D eigenvalue weighted by molar-refractivity contribution is 0.0993. The van der Waals surface area contributed by atoms with E-state index in [0.29, 0.717) is 11.4 Å². The molecule has 0 aromatic heterocycles. The molecule has 0 spiro atoms. The maximum atomic E-state index is 13.0. The van der Waals surface area contributed by atoms with Crippen LogP contribution in [-0.2, 0) is 0 Å². The first-order valence-electron chi connectivity index (χ1n) is 6.00. The molecule has 0 aliphatic heterocycles. The second-order valence-electron chi connectivity index (χ2n) is 4.27. The van der Waals surface area contributed by atoms with Gasteiger partial charge in [-0.2, -0.15) is 0 Å². The highest BCUT2D eigenvalue weighted by Gasteiger charge is 2.18. The molecule has 0 aliphatic rings. The zero-order valence-corrected chi connectivity index (χ0v) is 11.3. The first-order chi connectivity index (χ1) is 9.54. The molecule has 2 rings (SSSR count). The molecule has 2 aromatic rings. The minimum Gasteiger partial charge on any atom is -0.495 e. The maximum absolute atomic E-state index is 13.0. The Morgan fingerprint density at radius 1 is 1.25 bits per heavy atom. The molecule has 0 aliphatic carbocycles. The van der Waals surface area contributed by atoms with Crippen molar-refractivity contribution in [1.29, 1.82) is 0 Å². The van der Waals surface area contributed by atoms with Crippen LogP contribution in [0.5, 0.6) is 5.75 Å². The summed E-state index contributed by atoms with van der Waals surface area (Å²) in [5.41, 5.74) is 6.66. The number of halogens is 1. The molecule has 0 saturated heterocycles. The molecule has 0 saturated carbocycles. The number of carbonyl (C=O) groups is 1. The minimum atomic E-state index is -0.473. The van der Waals surface area contributed by atoms with Crippen LogP contribution in [-0.4, -0.2) is 20.1 Å². The van der Waals surface area contributed by atoms with Crippen LogP contribution in [0.15, 0.2) is 42.5 Å². The molecule has 5 heteroatoms. The quantitative estimate of drug-likeness (QED) is 0.875. The zero-order valence-electron chi connectivity index (χ0n) is 11.3. The Kier molecular flexibility index (Phi) is 3.89. The van der Waals surface area contributed by atoms with E-state index in [9.17, 15) is 9.18 Å². The Hall–Kier alpha value is -2.56. The maximum Gasteiger partial charge on any atom is 0.260 e. The highest BCUT2D eigenvalue weighted by atomic mass is 19.1. The summed E-state index contributed by atoms with van der Waals surface area (Å²) in [6.07, 6.45) is 0. The molecule has 0 radical (unpaired) electrons. The van der Waals surface area contributed by atoms with Crippen molar-refractivity contribution >= 4 is 17.3 Å². The van der Waals surface area contributed by atoms with Gasteiger partial charge in [-0.15, -0.1) is 0 Å². The molecule has 20 heavy (non-hydrogen) atoms. The van der Waals surface area contributed by atoms with Crippen LogP contribution in [0.1, 0.15) is 10.4 Å². The number of nitrogens with zero attached hydrogens (tertiary/aromatic N) is 1. The van der Waals surface area contributed by atoms with Gasteiger partial charge in [-0.25, -0.2) is 4.39 Å². The molecule has 2 N–H and O–H groups in total. The molecule has 0 heterocycles. The van der Waals surface area contributed by atoms with Crippen LogP contribution in [0.3, 0.4) is 0 Å². The number of nitrogens with two attached hydrogens (primary N) is 1. The number of ether oxygens (including phenoxy) is 1. The number of amides is 1. The van der Waals surface area contributed by atoms with Gasteiger partial charge in [0, 0.05) is 12.7 Å². The van der Waals surface area contributed by atoms with Gasteiger partial charge in [0.25, 0.3) is 5.91 Å². The third-order valence-corrected chi connectivity index (χ3v) is 3.00. The van der Waals surface area contributed by atoms with E-state index in [-0.39, 0.29) is 17.2 Å². The monoisotopic (exact) mass is 274 g/mol. The van der Waals surface area contributed by atoms with E-state index in [4.69, 9.17) is 10.5 Å². The number of anilines is 2. The molecule has 2 aromatic carbocycles. The van der Waals surface area contributed by atoms with Crippen molar-refractivity contribution in [3.8, 4) is 5.75 Å².